The van der Waals surface area contributed by atoms with Gasteiger partial charge in [0.15, 0.2) is 0 Å². The molecule has 0 heterocycles. The summed E-state index contributed by atoms with van der Waals surface area (Å²) in [7, 11) is 2.11. The predicted octanol–water partition coefficient (Wildman–Crippen LogP) is 1.78. The smallest absolute Gasteiger partial charge is 0.325 e. The van der Waals surface area contributed by atoms with Gasteiger partial charge < -0.3 is 15.4 Å². The molecule has 1 atom stereocenters. The summed E-state index contributed by atoms with van der Waals surface area (Å²) >= 11 is 0. The zero-order valence-corrected chi connectivity index (χ0v) is 12.0. The Labute approximate surface area is 105 Å². The van der Waals surface area contributed by atoms with E-state index >= 15 is 0 Å². The van der Waals surface area contributed by atoms with Crippen LogP contribution in [0.3, 0.4) is 0 Å². The van der Waals surface area contributed by atoms with Crippen molar-refractivity contribution in [2.24, 2.45) is 5.73 Å². The van der Waals surface area contributed by atoms with E-state index < -0.39 is 5.54 Å². The Balaban J connectivity index is 3.83. The van der Waals surface area contributed by atoms with E-state index in [-0.39, 0.29) is 5.97 Å². The number of hydrogen-bond donors (Lipinski definition) is 1. The van der Waals surface area contributed by atoms with E-state index in [2.05, 4.69) is 25.8 Å². The first kappa shape index (κ1) is 16.4. The predicted molar refractivity (Wildman–Crippen MR) is 70.8 cm³/mol. The van der Waals surface area contributed by atoms with Crippen LogP contribution in [0.25, 0.3) is 0 Å². The number of ether oxygens (including phenoxy) is 1. The van der Waals surface area contributed by atoms with Crippen LogP contribution in [0.5, 0.6) is 0 Å². The number of carbonyl (C=O) groups is 1. The molecule has 0 aliphatic rings. The molecule has 0 aliphatic carbocycles. The second-order valence-corrected chi connectivity index (χ2v) is 5.17. The fraction of sp³-hybridized carbons (Fsp3) is 0.923. The maximum absolute atomic E-state index is 11.5. The third-order valence-electron chi connectivity index (χ3n) is 3.08. The van der Waals surface area contributed by atoms with Gasteiger partial charge in [0.2, 0.25) is 0 Å². The fourth-order valence-corrected chi connectivity index (χ4v) is 1.51. The van der Waals surface area contributed by atoms with Crippen molar-refractivity contribution in [3.63, 3.8) is 0 Å². The molecular formula is C13H28N2O2. The Bertz CT molecular complexity index is 227. The van der Waals surface area contributed by atoms with E-state index in [9.17, 15) is 4.79 Å². The minimum Gasteiger partial charge on any atom is -0.465 e. The van der Waals surface area contributed by atoms with Crippen LogP contribution >= 0.6 is 0 Å². The van der Waals surface area contributed by atoms with E-state index in [0.29, 0.717) is 19.1 Å². The summed E-state index contributed by atoms with van der Waals surface area (Å²) in [5.41, 5.74) is 5.09. The Morgan fingerprint density at radius 3 is 2.47 bits per heavy atom. The van der Waals surface area contributed by atoms with Crippen LogP contribution in [-0.2, 0) is 9.53 Å². The number of unbranched alkanes of at least 4 members (excludes halogenated alkanes) is 1. The van der Waals surface area contributed by atoms with Gasteiger partial charge in [-0.3, -0.25) is 4.79 Å². The number of nitrogens with two attached hydrogens (primary N) is 1. The highest BCUT2D eigenvalue weighted by Gasteiger charge is 2.29. The lowest BCUT2D eigenvalue weighted by Crippen LogP contribution is -2.46. The first-order valence-corrected chi connectivity index (χ1v) is 6.47. The lowest BCUT2D eigenvalue weighted by atomic mass is 9.96. The first-order valence-electron chi connectivity index (χ1n) is 6.47. The summed E-state index contributed by atoms with van der Waals surface area (Å²) < 4.78 is 4.95. The topological polar surface area (TPSA) is 55.6 Å². The van der Waals surface area contributed by atoms with Gasteiger partial charge in [-0.05, 0) is 60.5 Å². The van der Waals surface area contributed by atoms with Crippen LogP contribution in [-0.4, -0.2) is 42.6 Å². The van der Waals surface area contributed by atoms with Crippen molar-refractivity contribution in [2.75, 3.05) is 20.2 Å². The highest BCUT2D eigenvalue weighted by Crippen LogP contribution is 2.13. The number of esters is 1. The summed E-state index contributed by atoms with van der Waals surface area (Å²) in [6.07, 6.45) is 2.68. The van der Waals surface area contributed by atoms with Gasteiger partial charge in [-0.1, -0.05) is 0 Å². The molecule has 0 aromatic heterocycles. The van der Waals surface area contributed by atoms with E-state index in [1.54, 1.807) is 13.8 Å². The van der Waals surface area contributed by atoms with E-state index in [4.69, 9.17) is 10.5 Å². The molecule has 0 aromatic rings. The maximum Gasteiger partial charge on any atom is 0.325 e. The molecule has 0 radical (unpaired) electrons. The Morgan fingerprint density at radius 2 is 2.00 bits per heavy atom. The SMILES string of the molecule is CCOC(=O)C(C)(N)CCCCN(C)C(C)C. The number of carbonyl (C=O) groups excluding carboxylic acids is 1. The molecule has 0 fully saturated rings. The molecule has 0 aliphatic heterocycles. The number of hydrogen-bond acceptors (Lipinski definition) is 4. The monoisotopic (exact) mass is 244 g/mol. The van der Waals surface area contributed by atoms with Crippen molar-refractivity contribution in [2.45, 2.75) is 58.5 Å². The van der Waals surface area contributed by atoms with Gasteiger partial charge in [-0.25, -0.2) is 0 Å². The number of nitrogens with zero attached hydrogens (tertiary/aromatic N) is 1. The third-order valence-corrected chi connectivity index (χ3v) is 3.08. The molecule has 0 saturated carbocycles. The van der Waals surface area contributed by atoms with Gasteiger partial charge in [0.25, 0.3) is 0 Å². The first-order chi connectivity index (χ1) is 7.81. The molecule has 4 heteroatoms. The standard InChI is InChI=1S/C13H28N2O2/c1-6-17-12(16)13(4,14)9-7-8-10-15(5)11(2)3/h11H,6-10,14H2,1-5H3. The maximum atomic E-state index is 11.5. The Kier molecular flexibility index (Phi) is 7.39. The molecule has 0 amide bonds. The second kappa shape index (κ2) is 7.67. The third kappa shape index (κ3) is 6.64. The van der Waals surface area contributed by atoms with Crippen molar-refractivity contribution in [1.29, 1.82) is 0 Å². The fourth-order valence-electron chi connectivity index (χ4n) is 1.51. The minimum atomic E-state index is -0.841. The van der Waals surface area contributed by atoms with Crippen molar-refractivity contribution in [1.82, 2.24) is 4.90 Å². The average molecular weight is 244 g/mol. The van der Waals surface area contributed by atoms with Gasteiger partial charge in [0.05, 0.1) is 6.61 Å². The van der Waals surface area contributed by atoms with Gasteiger partial charge in [0, 0.05) is 6.04 Å². The lowest BCUT2D eigenvalue weighted by molar-refractivity contribution is -0.149. The molecule has 0 rings (SSSR count). The summed E-state index contributed by atoms with van der Waals surface area (Å²) in [6, 6.07) is 0.560. The summed E-state index contributed by atoms with van der Waals surface area (Å²) in [6.45, 7) is 9.32. The lowest BCUT2D eigenvalue weighted by Gasteiger charge is -2.24. The normalized spacial score (nSPS) is 15.1. The number of rotatable bonds is 8. The van der Waals surface area contributed by atoms with E-state index in [0.717, 1.165) is 19.4 Å². The molecule has 0 spiro atoms. The average Bonchev–Trinajstić information content (AvgIpc) is 2.24. The van der Waals surface area contributed by atoms with Gasteiger partial charge in [0.1, 0.15) is 5.54 Å². The van der Waals surface area contributed by atoms with Crippen LogP contribution in [0.15, 0.2) is 0 Å². The molecule has 1 unspecified atom stereocenters. The summed E-state index contributed by atoms with van der Waals surface area (Å²) in [5.74, 6) is -0.294. The quantitative estimate of drug-likeness (QED) is 0.522. The van der Waals surface area contributed by atoms with Gasteiger partial charge >= 0.3 is 5.97 Å². The second-order valence-electron chi connectivity index (χ2n) is 5.17. The van der Waals surface area contributed by atoms with E-state index in [1.807, 2.05) is 0 Å². The van der Waals surface area contributed by atoms with Crippen molar-refractivity contribution in [3.8, 4) is 0 Å². The van der Waals surface area contributed by atoms with Crippen LogP contribution < -0.4 is 5.73 Å². The largest absolute Gasteiger partial charge is 0.465 e. The van der Waals surface area contributed by atoms with Crippen molar-refractivity contribution < 1.29 is 9.53 Å². The van der Waals surface area contributed by atoms with Crippen LogP contribution in [0, 0.1) is 0 Å². The van der Waals surface area contributed by atoms with Crippen molar-refractivity contribution >= 4 is 5.97 Å². The molecular weight excluding hydrogens is 216 g/mol. The van der Waals surface area contributed by atoms with Crippen molar-refractivity contribution in [3.05, 3.63) is 0 Å². The molecule has 4 nitrogen and oxygen atoms in total. The van der Waals surface area contributed by atoms with Crippen LogP contribution in [0.1, 0.15) is 47.0 Å². The molecule has 0 aromatic carbocycles. The molecule has 102 valence electrons. The van der Waals surface area contributed by atoms with Gasteiger partial charge in [-0.15, -0.1) is 0 Å². The molecule has 17 heavy (non-hydrogen) atoms. The summed E-state index contributed by atoms with van der Waals surface area (Å²) in [5, 5.41) is 0. The molecule has 0 bridgehead atoms. The van der Waals surface area contributed by atoms with Gasteiger partial charge in [-0.2, -0.15) is 0 Å². The minimum absolute atomic E-state index is 0.294. The highest BCUT2D eigenvalue weighted by atomic mass is 16.5. The zero-order valence-electron chi connectivity index (χ0n) is 12.0. The van der Waals surface area contributed by atoms with Crippen LogP contribution in [0.4, 0.5) is 0 Å². The Hall–Kier alpha value is -0.610. The Morgan fingerprint density at radius 1 is 1.41 bits per heavy atom. The highest BCUT2D eigenvalue weighted by molar-refractivity contribution is 5.79. The summed E-state index contributed by atoms with van der Waals surface area (Å²) in [4.78, 5) is 13.8. The van der Waals surface area contributed by atoms with Crippen LogP contribution in [0.2, 0.25) is 0 Å². The molecule has 2 N–H and O–H groups in total. The van der Waals surface area contributed by atoms with E-state index in [1.165, 1.54) is 0 Å². The zero-order chi connectivity index (χ0) is 13.5. The molecule has 0 saturated heterocycles.